The summed E-state index contributed by atoms with van der Waals surface area (Å²) in [6.07, 6.45) is 1.51. The van der Waals surface area contributed by atoms with Gasteiger partial charge in [0.25, 0.3) is 0 Å². The van der Waals surface area contributed by atoms with Crippen molar-refractivity contribution in [3.05, 3.63) is 28.8 Å². The maximum atomic E-state index is 12.9. The number of rotatable bonds is 4. The van der Waals surface area contributed by atoms with Crippen molar-refractivity contribution in [1.82, 2.24) is 9.21 Å². The fourth-order valence-electron chi connectivity index (χ4n) is 3.93. The number of sulfonamides is 1. The van der Waals surface area contributed by atoms with Crippen LogP contribution in [0.3, 0.4) is 0 Å². The van der Waals surface area contributed by atoms with Crippen molar-refractivity contribution in [3.63, 3.8) is 0 Å². The third-order valence-electron chi connectivity index (χ3n) is 5.59. The van der Waals surface area contributed by atoms with Crippen LogP contribution in [0, 0.1) is 12.8 Å². The third-order valence-corrected chi connectivity index (χ3v) is 7.68. The Balaban J connectivity index is 1.61. The quantitative estimate of drug-likeness (QED) is 0.760. The molecule has 27 heavy (non-hydrogen) atoms. The van der Waals surface area contributed by atoms with Gasteiger partial charge >= 0.3 is 0 Å². The Bertz CT molecular complexity index is 791. The van der Waals surface area contributed by atoms with Crippen LogP contribution in [0.4, 0.5) is 5.69 Å². The second-order valence-corrected chi connectivity index (χ2v) is 10.0. The first-order valence-corrected chi connectivity index (χ1v) is 11.6. The van der Waals surface area contributed by atoms with E-state index in [0.717, 1.165) is 31.6 Å². The fraction of sp³-hybridized carbons (Fsp3) is 0.632. The standard InChI is InChI=1S/C19H28ClN3O3S/c1-3-27(25,26)23-8-4-5-16(14-23)19(24)22-11-9-21(10-12-22)18-13-17(20)7-6-15(18)2/h6-7,13,16H,3-5,8-12,14H2,1-2H3/t16-/m0/s1. The average molecular weight is 414 g/mol. The van der Waals surface area contributed by atoms with Crippen LogP contribution in [-0.4, -0.2) is 68.6 Å². The van der Waals surface area contributed by atoms with Crippen LogP contribution in [0.15, 0.2) is 18.2 Å². The summed E-state index contributed by atoms with van der Waals surface area (Å²) in [6.45, 7) is 7.40. The molecule has 1 atom stereocenters. The van der Waals surface area contributed by atoms with E-state index in [0.29, 0.717) is 31.2 Å². The maximum Gasteiger partial charge on any atom is 0.227 e. The van der Waals surface area contributed by atoms with E-state index in [-0.39, 0.29) is 17.6 Å². The van der Waals surface area contributed by atoms with E-state index in [1.807, 2.05) is 23.1 Å². The number of halogens is 1. The Hall–Kier alpha value is -1.31. The van der Waals surface area contributed by atoms with E-state index < -0.39 is 10.0 Å². The van der Waals surface area contributed by atoms with Gasteiger partial charge < -0.3 is 9.80 Å². The highest BCUT2D eigenvalue weighted by molar-refractivity contribution is 7.89. The first-order chi connectivity index (χ1) is 12.8. The summed E-state index contributed by atoms with van der Waals surface area (Å²) in [5.74, 6) is -0.0426. The van der Waals surface area contributed by atoms with E-state index in [9.17, 15) is 13.2 Å². The molecule has 0 saturated carbocycles. The predicted molar refractivity (Wildman–Crippen MR) is 109 cm³/mol. The molecule has 2 aliphatic heterocycles. The smallest absolute Gasteiger partial charge is 0.227 e. The third kappa shape index (κ3) is 4.58. The largest absolute Gasteiger partial charge is 0.368 e. The molecule has 2 heterocycles. The van der Waals surface area contributed by atoms with E-state index in [2.05, 4.69) is 11.8 Å². The number of anilines is 1. The molecule has 3 rings (SSSR count). The summed E-state index contributed by atoms with van der Waals surface area (Å²) in [5, 5.41) is 0.716. The van der Waals surface area contributed by atoms with Crippen LogP contribution < -0.4 is 4.90 Å². The summed E-state index contributed by atoms with van der Waals surface area (Å²) in [7, 11) is -3.23. The lowest BCUT2D eigenvalue weighted by Crippen LogP contribution is -2.53. The zero-order chi connectivity index (χ0) is 19.6. The second-order valence-electron chi connectivity index (χ2n) is 7.34. The highest BCUT2D eigenvalue weighted by Crippen LogP contribution is 2.26. The molecule has 0 unspecified atom stereocenters. The highest BCUT2D eigenvalue weighted by atomic mass is 35.5. The van der Waals surface area contributed by atoms with Crippen molar-refractivity contribution in [3.8, 4) is 0 Å². The normalized spacial score (nSPS) is 22.1. The van der Waals surface area contributed by atoms with E-state index in [1.54, 1.807) is 6.92 Å². The SMILES string of the molecule is CCS(=O)(=O)N1CCC[C@H](C(=O)N2CCN(c3cc(Cl)ccc3C)CC2)C1. The van der Waals surface area contributed by atoms with Gasteiger partial charge in [-0.25, -0.2) is 12.7 Å². The zero-order valence-electron chi connectivity index (χ0n) is 16.0. The maximum absolute atomic E-state index is 12.9. The Morgan fingerprint density at radius 2 is 1.89 bits per heavy atom. The van der Waals surface area contributed by atoms with Crippen molar-refractivity contribution in [2.24, 2.45) is 5.92 Å². The summed E-state index contributed by atoms with van der Waals surface area (Å²) < 4.78 is 25.8. The molecule has 0 aliphatic carbocycles. The predicted octanol–water partition coefficient (Wildman–Crippen LogP) is 2.36. The number of amides is 1. The van der Waals surface area contributed by atoms with Crippen LogP contribution in [0.1, 0.15) is 25.3 Å². The number of benzene rings is 1. The molecule has 2 fully saturated rings. The van der Waals surface area contributed by atoms with Crippen molar-refractivity contribution >= 4 is 33.2 Å². The monoisotopic (exact) mass is 413 g/mol. The summed E-state index contributed by atoms with van der Waals surface area (Å²) in [6, 6.07) is 5.88. The van der Waals surface area contributed by atoms with Gasteiger partial charge in [0.05, 0.1) is 11.7 Å². The van der Waals surface area contributed by atoms with Gasteiger partial charge in [0, 0.05) is 50.0 Å². The first-order valence-electron chi connectivity index (χ1n) is 9.59. The van der Waals surface area contributed by atoms with E-state index in [4.69, 9.17) is 11.6 Å². The fourth-order valence-corrected chi connectivity index (χ4v) is 5.27. The van der Waals surface area contributed by atoms with Gasteiger partial charge in [-0.15, -0.1) is 0 Å². The Labute approximate surface area is 167 Å². The minimum atomic E-state index is -3.23. The van der Waals surface area contributed by atoms with Gasteiger partial charge in [-0.05, 0) is 44.4 Å². The van der Waals surface area contributed by atoms with Crippen LogP contribution in [-0.2, 0) is 14.8 Å². The summed E-state index contributed by atoms with van der Waals surface area (Å²) >= 11 is 6.13. The average Bonchev–Trinajstić information content (AvgIpc) is 2.69. The van der Waals surface area contributed by atoms with Crippen molar-refractivity contribution in [2.75, 3.05) is 49.9 Å². The van der Waals surface area contributed by atoms with Gasteiger partial charge in [0.15, 0.2) is 0 Å². The number of hydrogen-bond acceptors (Lipinski definition) is 4. The van der Waals surface area contributed by atoms with Gasteiger partial charge in [0.2, 0.25) is 15.9 Å². The number of carbonyl (C=O) groups excluding carboxylic acids is 1. The number of carbonyl (C=O) groups is 1. The van der Waals surface area contributed by atoms with Gasteiger partial charge in [-0.2, -0.15) is 0 Å². The first kappa shape index (κ1) is 20.4. The van der Waals surface area contributed by atoms with E-state index >= 15 is 0 Å². The molecule has 6 nitrogen and oxygen atoms in total. The number of hydrogen-bond donors (Lipinski definition) is 0. The molecule has 0 aromatic heterocycles. The van der Waals surface area contributed by atoms with Crippen LogP contribution in [0.25, 0.3) is 0 Å². The summed E-state index contributed by atoms with van der Waals surface area (Å²) in [5.41, 5.74) is 2.29. The molecule has 2 saturated heterocycles. The van der Waals surface area contributed by atoms with Gasteiger partial charge in [-0.1, -0.05) is 17.7 Å². The van der Waals surface area contributed by atoms with Crippen LogP contribution in [0.2, 0.25) is 5.02 Å². The molecule has 0 bridgehead atoms. The molecule has 0 radical (unpaired) electrons. The molecular weight excluding hydrogens is 386 g/mol. The van der Waals surface area contributed by atoms with E-state index in [1.165, 1.54) is 9.87 Å². The molecule has 2 aliphatic rings. The van der Waals surface area contributed by atoms with Crippen molar-refractivity contribution in [1.29, 1.82) is 0 Å². The number of piperidine rings is 1. The number of piperazine rings is 1. The van der Waals surface area contributed by atoms with Gasteiger partial charge in [0.1, 0.15) is 0 Å². The van der Waals surface area contributed by atoms with Crippen LogP contribution in [0.5, 0.6) is 0 Å². The molecule has 1 aromatic rings. The Morgan fingerprint density at radius 3 is 2.56 bits per heavy atom. The Kier molecular flexibility index (Phi) is 6.33. The second kappa shape index (κ2) is 8.37. The minimum absolute atomic E-state index is 0.0889. The highest BCUT2D eigenvalue weighted by Gasteiger charge is 2.34. The number of aryl methyl sites for hydroxylation is 1. The molecule has 1 aromatic carbocycles. The molecule has 1 amide bonds. The molecular formula is C19H28ClN3O3S. The van der Waals surface area contributed by atoms with Crippen molar-refractivity contribution in [2.45, 2.75) is 26.7 Å². The summed E-state index contributed by atoms with van der Waals surface area (Å²) in [4.78, 5) is 17.1. The zero-order valence-corrected chi connectivity index (χ0v) is 17.6. The topological polar surface area (TPSA) is 60.9 Å². The Morgan fingerprint density at radius 1 is 1.19 bits per heavy atom. The van der Waals surface area contributed by atoms with Crippen molar-refractivity contribution < 1.29 is 13.2 Å². The minimum Gasteiger partial charge on any atom is -0.368 e. The molecule has 150 valence electrons. The lowest BCUT2D eigenvalue weighted by molar-refractivity contribution is -0.137. The lowest BCUT2D eigenvalue weighted by Gasteiger charge is -2.39. The van der Waals surface area contributed by atoms with Gasteiger partial charge in [-0.3, -0.25) is 4.79 Å². The molecule has 0 spiro atoms. The molecule has 8 heteroatoms. The van der Waals surface area contributed by atoms with Crippen LogP contribution >= 0.6 is 11.6 Å². The number of nitrogens with zero attached hydrogens (tertiary/aromatic N) is 3. The molecule has 0 N–H and O–H groups in total. The lowest BCUT2D eigenvalue weighted by atomic mass is 9.97.